The van der Waals surface area contributed by atoms with Gasteiger partial charge in [0, 0.05) is 11.3 Å². The summed E-state index contributed by atoms with van der Waals surface area (Å²) in [5, 5.41) is 16.7. The van der Waals surface area contributed by atoms with Crippen molar-refractivity contribution in [1.29, 1.82) is 0 Å². The first-order chi connectivity index (χ1) is 18.7. The first-order valence-corrected chi connectivity index (χ1v) is 14.3. The maximum Gasteiger partial charge on any atom is 0.412 e. The number of hydrogen-bond acceptors (Lipinski definition) is 9. The van der Waals surface area contributed by atoms with Crippen LogP contribution in [0.2, 0.25) is 0 Å². The van der Waals surface area contributed by atoms with Crippen LogP contribution in [0.25, 0.3) is 5.76 Å². The van der Waals surface area contributed by atoms with Crippen molar-refractivity contribution < 1.29 is 32.7 Å². The van der Waals surface area contributed by atoms with Crippen LogP contribution in [-0.4, -0.2) is 43.9 Å². The molecule has 0 fully saturated rings. The van der Waals surface area contributed by atoms with Gasteiger partial charge < -0.3 is 20.0 Å². The minimum atomic E-state index is -4.35. The Balaban J connectivity index is 1.78. The van der Waals surface area contributed by atoms with Crippen molar-refractivity contribution in [2.75, 3.05) is 17.7 Å². The summed E-state index contributed by atoms with van der Waals surface area (Å²) in [5.41, 5.74) is 1.61. The molecule has 1 unspecified atom stereocenters. The Kier molecular flexibility index (Phi) is 7.81. The van der Waals surface area contributed by atoms with Gasteiger partial charge in [-0.15, -0.1) is 4.40 Å². The summed E-state index contributed by atoms with van der Waals surface area (Å²) in [4.78, 5) is 31.5. The van der Waals surface area contributed by atoms with Crippen LogP contribution in [0.5, 0.6) is 0 Å². The molecule has 0 radical (unpaired) electrons. The van der Waals surface area contributed by atoms with E-state index >= 15 is 0 Å². The predicted octanol–water partition coefficient (Wildman–Crippen LogP) is 4.88. The second-order valence-electron chi connectivity index (χ2n) is 11.1. The summed E-state index contributed by atoms with van der Waals surface area (Å²) in [6.07, 6.45) is 0.211. The van der Waals surface area contributed by atoms with Crippen LogP contribution < -0.4 is 16.1 Å². The normalized spacial score (nSPS) is 19.9. The molecule has 1 amide bonds. The molecule has 12 heteroatoms. The number of hydroxylamine groups is 1. The Morgan fingerprint density at radius 2 is 1.88 bits per heavy atom. The summed E-state index contributed by atoms with van der Waals surface area (Å²) >= 11 is 0. The monoisotopic (exact) mass is 570 g/mol. The summed E-state index contributed by atoms with van der Waals surface area (Å²) in [6, 6.07) is 11.0. The SMILES string of the molecule is CONC1(CCC(C)C)C(=O)C(C2=NS(=O)(=O)c3cc(NC(=O)OC(C)(C)C)ccc3N2)=C(O)c2ccccc21. The van der Waals surface area contributed by atoms with Gasteiger partial charge in [-0.25, -0.2) is 4.79 Å². The van der Waals surface area contributed by atoms with E-state index < -0.39 is 38.8 Å². The zero-order chi connectivity index (χ0) is 29.5. The van der Waals surface area contributed by atoms with Crippen LogP contribution in [-0.2, 0) is 29.9 Å². The highest BCUT2D eigenvalue weighted by molar-refractivity contribution is 7.90. The number of rotatable bonds is 7. The largest absolute Gasteiger partial charge is 0.506 e. The number of carbonyl (C=O) groups is 2. The molecule has 4 N–H and O–H groups in total. The van der Waals surface area contributed by atoms with E-state index in [2.05, 4.69) is 20.5 Å². The quantitative estimate of drug-likeness (QED) is 0.341. The smallest absolute Gasteiger partial charge is 0.412 e. The van der Waals surface area contributed by atoms with Crippen molar-refractivity contribution in [1.82, 2.24) is 5.48 Å². The lowest BCUT2D eigenvalue weighted by molar-refractivity contribution is -0.129. The van der Waals surface area contributed by atoms with E-state index in [1.54, 1.807) is 45.0 Å². The molecule has 1 aliphatic carbocycles. The number of ether oxygens (including phenoxy) is 1. The summed E-state index contributed by atoms with van der Waals surface area (Å²) in [7, 11) is -2.96. The lowest BCUT2D eigenvalue weighted by Gasteiger charge is -2.39. The third-order valence-electron chi connectivity index (χ3n) is 6.47. The minimum absolute atomic E-state index is 0.124. The van der Waals surface area contributed by atoms with Gasteiger partial charge in [0.25, 0.3) is 10.0 Å². The molecule has 1 aliphatic heterocycles. The van der Waals surface area contributed by atoms with Gasteiger partial charge in [-0.1, -0.05) is 38.1 Å². The lowest BCUT2D eigenvalue weighted by Crippen LogP contribution is -2.53. The standard InChI is InChI=1S/C28H34N4O7S/c1-16(2)13-14-28(32-38-6)19-10-8-7-9-18(19)23(33)22(24(28)34)25-30-20-12-11-17(15-21(20)40(36,37)31-25)29-26(35)39-27(3,4)5/h7-12,15-16,32-33H,13-14H2,1-6H3,(H,29,35)(H,30,31). The van der Waals surface area contributed by atoms with Crippen molar-refractivity contribution in [3.8, 4) is 0 Å². The van der Waals surface area contributed by atoms with Gasteiger partial charge in [0.05, 0.1) is 12.8 Å². The first-order valence-electron chi connectivity index (χ1n) is 12.8. The van der Waals surface area contributed by atoms with Crippen LogP contribution in [0.15, 0.2) is 57.3 Å². The molecule has 0 saturated carbocycles. The zero-order valence-corrected chi connectivity index (χ0v) is 24.1. The fourth-order valence-corrected chi connectivity index (χ4v) is 5.85. The van der Waals surface area contributed by atoms with E-state index in [4.69, 9.17) is 9.57 Å². The van der Waals surface area contributed by atoms with Crippen LogP contribution in [0.1, 0.15) is 58.6 Å². The molecule has 1 heterocycles. The number of anilines is 2. The van der Waals surface area contributed by atoms with Gasteiger partial charge in [0.2, 0.25) is 0 Å². The number of nitrogens with zero attached hydrogens (tertiary/aromatic N) is 1. The molecule has 11 nitrogen and oxygen atoms in total. The number of fused-ring (bicyclic) bond motifs is 2. The van der Waals surface area contributed by atoms with E-state index in [0.29, 0.717) is 24.0 Å². The lowest BCUT2D eigenvalue weighted by atomic mass is 9.71. The molecular formula is C28H34N4O7S. The van der Waals surface area contributed by atoms with Crippen LogP contribution in [0.3, 0.4) is 0 Å². The summed E-state index contributed by atoms with van der Waals surface area (Å²) in [5.74, 6) is -1.05. The van der Waals surface area contributed by atoms with Crippen LogP contribution in [0, 0.1) is 5.92 Å². The number of Topliss-reactive ketones (excluding diaryl/α,β-unsaturated/α-hetero) is 1. The number of amidine groups is 1. The molecule has 214 valence electrons. The average Bonchev–Trinajstić information content (AvgIpc) is 2.85. The number of carbonyl (C=O) groups excluding carboxylic acids is 2. The fourth-order valence-electron chi connectivity index (χ4n) is 4.71. The van der Waals surface area contributed by atoms with Gasteiger partial charge in [0.15, 0.2) is 11.6 Å². The summed E-state index contributed by atoms with van der Waals surface area (Å²) in [6.45, 7) is 9.17. The molecule has 4 rings (SSSR count). The van der Waals surface area contributed by atoms with Gasteiger partial charge in [-0.3, -0.25) is 10.1 Å². The molecule has 0 bridgehead atoms. The number of aliphatic hydroxyl groups excluding tert-OH is 1. The van der Waals surface area contributed by atoms with Gasteiger partial charge >= 0.3 is 6.09 Å². The maximum absolute atomic E-state index is 14.2. The van der Waals surface area contributed by atoms with Crippen molar-refractivity contribution >= 4 is 44.9 Å². The topological polar surface area (TPSA) is 155 Å². The molecule has 0 spiro atoms. The Labute approximate surface area is 233 Å². The number of sulfonamides is 1. The Bertz CT molecular complexity index is 1520. The van der Waals surface area contributed by atoms with E-state index in [0.717, 1.165) is 0 Å². The molecule has 2 aromatic rings. The predicted molar refractivity (Wildman–Crippen MR) is 151 cm³/mol. The first kappa shape index (κ1) is 29.2. The third-order valence-corrected chi connectivity index (χ3v) is 7.79. The number of nitrogens with one attached hydrogen (secondary N) is 3. The number of aliphatic hydroxyl groups is 1. The zero-order valence-electron chi connectivity index (χ0n) is 23.3. The molecule has 0 saturated heterocycles. The third kappa shape index (κ3) is 5.60. The molecule has 1 atom stereocenters. The number of amides is 1. The average molecular weight is 571 g/mol. The Hall–Kier alpha value is -3.74. The second-order valence-corrected chi connectivity index (χ2v) is 12.7. The molecule has 40 heavy (non-hydrogen) atoms. The summed E-state index contributed by atoms with van der Waals surface area (Å²) < 4.78 is 35.8. The van der Waals surface area contributed by atoms with Crippen LogP contribution >= 0.6 is 0 Å². The highest BCUT2D eigenvalue weighted by Gasteiger charge is 2.50. The number of hydrogen-bond donors (Lipinski definition) is 4. The highest BCUT2D eigenvalue weighted by Crippen LogP contribution is 2.43. The van der Waals surface area contributed by atoms with E-state index in [-0.39, 0.29) is 33.6 Å². The van der Waals surface area contributed by atoms with Crippen molar-refractivity contribution in [3.63, 3.8) is 0 Å². The Morgan fingerprint density at radius 1 is 1.18 bits per heavy atom. The number of ketones is 1. The fraction of sp³-hybridized carbons (Fsp3) is 0.393. The van der Waals surface area contributed by atoms with Crippen LogP contribution in [0.4, 0.5) is 16.2 Å². The van der Waals surface area contributed by atoms with Gasteiger partial charge in [-0.05, 0) is 63.3 Å². The number of benzene rings is 2. The molecule has 0 aromatic heterocycles. The second kappa shape index (κ2) is 10.7. The van der Waals surface area contributed by atoms with Crippen molar-refractivity contribution in [2.24, 2.45) is 10.3 Å². The highest BCUT2D eigenvalue weighted by atomic mass is 32.2. The minimum Gasteiger partial charge on any atom is -0.506 e. The van der Waals surface area contributed by atoms with Crippen molar-refractivity contribution in [2.45, 2.75) is 63.5 Å². The van der Waals surface area contributed by atoms with E-state index in [1.807, 2.05) is 13.8 Å². The molecule has 2 aromatic carbocycles. The maximum atomic E-state index is 14.2. The van der Waals surface area contributed by atoms with Gasteiger partial charge in [0.1, 0.15) is 27.4 Å². The Morgan fingerprint density at radius 3 is 2.52 bits per heavy atom. The van der Waals surface area contributed by atoms with E-state index in [1.165, 1.54) is 25.3 Å². The molecule has 2 aliphatic rings. The van der Waals surface area contributed by atoms with Gasteiger partial charge in [-0.2, -0.15) is 13.9 Å². The molecular weight excluding hydrogens is 536 g/mol. The van der Waals surface area contributed by atoms with E-state index in [9.17, 15) is 23.1 Å². The van der Waals surface area contributed by atoms with Crippen molar-refractivity contribution in [3.05, 3.63) is 59.2 Å².